The van der Waals surface area contributed by atoms with E-state index in [9.17, 15) is 14.9 Å². The summed E-state index contributed by atoms with van der Waals surface area (Å²) in [5.74, 6) is -0.298. The molecule has 0 saturated heterocycles. The van der Waals surface area contributed by atoms with Gasteiger partial charge < -0.3 is 10.6 Å². The lowest BCUT2D eigenvalue weighted by Gasteiger charge is -2.34. The first kappa shape index (κ1) is 18.4. The molecule has 2 amide bonds. The molecule has 0 aromatic rings. The number of nitrogens with zero attached hydrogens (tertiary/aromatic N) is 2. The Hall–Kier alpha value is -1.61. The standard InChI is InChI=1S/C16H28N4O2/c1-12(2)18-14(21)10-20(4)13(3)15(22)19-16(11-17)8-6-5-7-9-16/h12-13H,5-10H2,1-4H3,(H,18,21)(H,19,22)/t13-/m0/s1. The molecule has 0 aromatic heterocycles. The van der Waals surface area contributed by atoms with Crippen LogP contribution < -0.4 is 10.6 Å². The Morgan fingerprint density at radius 2 is 1.82 bits per heavy atom. The van der Waals surface area contributed by atoms with Crippen LogP contribution in [0.25, 0.3) is 0 Å². The van der Waals surface area contributed by atoms with Crippen molar-refractivity contribution in [2.45, 2.75) is 70.5 Å². The molecule has 0 heterocycles. The number of hydrogen-bond donors (Lipinski definition) is 2. The van der Waals surface area contributed by atoms with Gasteiger partial charge in [0.2, 0.25) is 11.8 Å². The first-order chi connectivity index (χ1) is 10.3. The van der Waals surface area contributed by atoms with Gasteiger partial charge >= 0.3 is 0 Å². The highest BCUT2D eigenvalue weighted by molar-refractivity contribution is 5.84. The molecule has 2 N–H and O–H groups in total. The summed E-state index contributed by atoms with van der Waals surface area (Å²) >= 11 is 0. The fourth-order valence-corrected chi connectivity index (χ4v) is 2.69. The number of nitriles is 1. The number of carbonyl (C=O) groups is 2. The first-order valence-electron chi connectivity index (χ1n) is 8.02. The fraction of sp³-hybridized carbons (Fsp3) is 0.812. The molecular formula is C16H28N4O2. The summed E-state index contributed by atoms with van der Waals surface area (Å²) in [6, 6.07) is 1.90. The Balaban J connectivity index is 2.56. The van der Waals surface area contributed by atoms with Crippen molar-refractivity contribution < 1.29 is 9.59 Å². The lowest BCUT2D eigenvalue weighted by Crippen LogP contribution is -2.55. The van der Waals surface area contributed by atoms with Gasteiger partial charge in [-0.15, -0.1) is 0 Å². The number of rotatable bonds is 6. The second-order valence-corrected chi connectivity index (χ2v) is 6.56. The van der Waals surface area contributed by atoms with Gasteiger partial charge in [-0.05, 0) is 40.7 Å². The number of amides is 2. The zero-order chi connectivity index (χ0) is 16.8. The van der Waals surface area contributed by atoms with Gasteiger partial charge in [0.25, 0.3) is 0 Å². The van der Waals surface area contributed by atoms with Crippen LogP contribution in [0.5, 0.6) is 0 Å². The van der Waals surface area contributed by atoms with Crippen molar-refractivity contribution in [2.24, 2.45) is 0 Å². The van der Waals surface area contributed by atoms with Crippen molar-refractivity contribution in [3.63, 3.8) is 0 Å². The third-order valence-corrected chi connectivity index (χ3v) is 4.17. The monoisotopic (exact) mass is 308 g/mol. The van der Waals surface area contributed by atoms with E-state index in [0.29, 0.717) is 12.8 Å². The predicted octanol–water partition coefficient (Wildman–Crippen LogP) is 1.17. The van der Waals surface area contributed by atoms with Gasteiger partial charge in [0.05, 0.1) is 18.7 Å². The molecule has 124 valence electrons. The number of carbonyl (C=O) groups excluding carboxylic acids is 2. The largest absolute Gasteiger partial charge is 0.353 e. The van der Waals surface area contributed by atoms with E-state index in [1.165, 1.54) is 0 Å². The molecule has 1 aliphatic carbocycles. The summed E-state index contributed by atoms with van der Waals surface area (Å²) in [7, 11) is 1.74. The minimum atomic E-state index is -0.732. The molecule has 6 heteroatoms. The highest BCUT2D eigenvalue weighted by atomic mass is 16.2. The van der Waals surface area contributed by atoms with Crippen molar-refractivity contribution in [3.05, 3.63) is 0 Å². The van der Waals surface area contributed by atoms with E-state index in [-0.39, 0.29) is 24.4 Å². The predicted molar refractivity (Wildman–Crippen MR) is 84.9 cm³/mol. The normalized spacial score (nSPS) is 18.6. The molecule has 6 nitrogen and oxygen atoms in total. The summed E-state index contributed by atoms with van der Waals surface area (Å²) in [5.41, 5.74) is -0.732. The molecule has 1 saturated carbocycles. The molecule has 0 aliphatic heterocycles. The van der Waals surface area contributed by atoms with Gasteiger partial charge in [-0.1, -0.05) is 19.3 Å². The number of likely N-dealkylation sites (N-methyl/N-ethyl adjacent to an activating group) is 1. The van der Waals surface area contributed by atoms with Crippen molar-refractivity contribution >= 4 is 11.8 Å². The van der Waals surface area contributed by atoms with E-state index in [1.807, 2.05) is 13.8 Å². The van der Waals surface area contributed by atoms with Crippen LogP contribution in [0, 0.1) is 11.3 Å². The molecule has 0 radical (unpaired) electrons. The maximum atomic E-state index is 12.4. The average molecular weight is 308 g/mol. The van der Waals surface area contributed by atoms with Gasteiger partial charge in [0, 0.05) is 6.04 Å². The molecule has 1 rings (SSSR count). The van der Waals surface area contributed by atoms with E-state index in [0.717, 1.165) is 19.3 Å². The van der Waals surface area contributed by atoms with E-state index in [2.05, 4.69) is 16.7 Å². The maximum Gasteiger partial charge on any atom is 0.238 e. The Kier molecular flexibility index (Phi) is 6.82. The van der Waals surface area contributed by atoms with E-state index >= 15 is 0 Å². The minimum Gasteiger partial charge on any atom is -0.353 e. The van der Waals surface area contributed by atoms with Crippen LogP contribution in [0.15, 0.2) is 0 Å². The fourth-order valence-electron chi connectivity index (χ4n) is 2.69. The highest BCUT2D eigenvalue weighted by Crippen LogP contribution is 2.27. The summed E-state index contributed by atoms with van der Waals surface area (Å²) in [6.07, 6.45) is 4.47. The van der Waals surface area contributed by atoms with Crippen LogP contribution in [0.2, 0.25) is 0 Å². The lowest BCUT2D eigenvalue weighted by molar-refractivity contribution is -0.129. The second kappa shape index (κ2) is 8.14. The topological polar surface area (TPSA) is 85.2 Å². The Bertz CT molecular complexity index is 436. The summed E-state index contributed by atoms with van der Waals surface area (Å²) in [6.45, 7) is 5.71. The smallest absolute Gasteiger partial charge is 0.238 e. The second-order valence-electron chi connectivity index (χ2n) is 6.56. The van der Waals surface area contributed by atoms with Crippen molar-refractivity contribution in [2.75, 3.05) is 13.6 Å². The molecule has 0 aromatic carbocycles. The molecular weight excluding hydrogens is 280 g/mol. The summed E-state index contributed by atoms with van der Waals surface area (Å²) < 4.78 is 0. The zero-order valence-electron chi connectivity index (χ0n) is 14.1. The Labute approximate surface area is 133 Å². The first-order valence-corrected chi connectivity index (χ1v) is 8.02. The molecule has 22 heavy (non-hydrogen) atoms. The molecule has 0 spiro atoms. The third kappa shape index (κ3) is 5.30. The van der Waals surface area contributed by atoms with Crippen molar-refractivity contribution in [1.82, 2.24) is 15.5 Å². The average Bonchev–Trinajstić information content (AvgIpc) is 2.46. The van der Waals surface area contributed by atoms with Crippen LogP contribution in [0.3, 0.4) is 0 Å². The van der Waals surface area contributed by atoms with E-state index < -0.39 is 11.6 Å². The summed E-state index contributed by atoms with van der Waals surface area (Å²) in [5, 5.41) is 15.1. The van der Waals surface area contributed by atoms with E-state index in [1.54, 1.807) is 18.9 Å². The molecule has 1 fully saturated rings. The van der Waals surface area contributed by atoms with Gasteiger partial charge in [-0.2, -0.15) is 5.26 Å². The van der Waals surface area contributed by atoms with Crippen LogP contribution >= 0.6 is 0 Å². The summed E-state index contributed by atoms with van der Waals surface area (Å²) in [4.78, 5) is 25.8. The highest BCUT2D eigenvalue weighted by Gasteiger charge is 2.35. The Morgan fingerprint density at radius 3 is 2.32 bits per heavy atom. The van der Waals surface area contributed by atoms with Crippen molar-refractivity contribution in [1.29, 1.82) is 5.26 Å². The van der Waals surface area contributed by atoms with E-state index in [4.69, 9.17) is 0 Å². The SMILES string of the molecule is CC(C)NC(=O)CN(C)[C@@H](C)C(=O)NC1(C#N)CCCCC1. The Morgan fingerprint density at radius 1 is 1.23 bits per heavy atom. The molecule has 1 atom stereocenters. The molecule has 0 unspecified atom stereocenters. The quantitative estimate of drug-likeness (QED) is 0.771. The van der Waals surface area contributed by atoms with Gasteiger partial charge in [-0.25, -0.2) is 0 Å². The van der Waals surface area contributed by atoms with Gasteiger partial charge in [0.15, 0.2) is 0 Å². The van der Waals surface area contributed by atoms with Crippen LogP contribution in [0.4, 0.5) is 0 Å². The van der Waals surface area contributed by atoms with Gasteiger partial charge in [0.1, 0.15) is 5.54 Å². The van der Waals surface area contributed by atoms with Crippen LogP contribution in [-0.4, -0.2) is 47.9 Å². The third-order valence-electron chi connectivity index (χ3n) is 4.17. The minimum absolute atomic E-state index is 0.0779. The van der Waals surface area contributed by atoms with Crippen LogP contribution in [0.1, 0.15) is 52.9 Å². The van der Waals surface area contributed by atoms with Crippen molar-refractivity contribution in [3.8, 4) is 6.07 Å². The van der Waals surface area contributed by atoms with Crippen LogP contribution in [-0.2, 0) is 9.59 Å². The number of hydrogen-bond acceptors (Lipinski definition) is 4. The lowest BCUT2D eigenvalue weighted by atomic mass is 9.82. The molecule has 1 aliphatic rings. The number of nitrogens with one attached hydrogen (secondary N) is 2. The van der Waals surface area contributed by atoms with Gasteiger partial charge in [-0.3, -0.25) is 14.5 Å². The zero-order valence-corrected chi connectivity index (χ0v) is 14.1. The molecule has 0 bridgehead atoms. The maximum absolute atomic E-state index is 12.4.